The normalized spacial score (nSPS) is 10.6. The third kappa shape index (κ3) is 2.68. The number of nitrogens with zero attached hydrogens (tertiary/aromatic N) is 3. The summed E-state index contributed by atoms with van der Waals surface area (Å²) in [6.45, 7) is 1.66. The molecule has 7 heteroatoms. The van der Waals surface area contributed by atoms with Gasteiger partial charge in [0.25, 0.3) is 5.69 Å². The highest BCUT2D eigenvalue weighted by Crippen LogP contribution is 2.28. The van der Waals surface area contributed by atoms with Gasteiger partial charge < -0.3 is 4.42 Å². The summed E-state index contributed by atoms with van der Waals surface area (Å²) < 4.78 is 5.62. The van der Waals surface area contributed by atoms with E-state index in [9.17, 15) is 10.1 Å². The molecular formula is C15H10ClN3O3. The van der Waals surface area contributed by atoms with Crippen LogP contribution in [0.2, 0.25) is 5.02 Å². The fourth-order valence-electron chi connectivity index (χ4n) is 2.04. The Bertz CT molecular complexity index is 843. The minimum atomic E-state index is -0.425. The molecule has 22 heavy (non-hydrogen) atoms. The summed E-state index contributed by atoms with van der Waals surface area (Å²) in [5, 5.41) is 19.4. The van der Waals surface area contributed by atoms with E-state index >= 15 is 0 Å². The first-order chi connectivity index (χ1) is 10.5. The van der Waals surface area contributed by atoms with Gasteiger partial charge in [-0.1, -0.05) is 11.6 Å². The Labute approximate surface area is 130 Å². The number of nitro groups is 1. The molecule has 6 nitrogen and oxygen atoms in total. The van der Waals surface area contributed by atoms with Crippen LogP contribution in [0.5, 0.6) is 0 Å². The molecular weight excluding hydrogens is 306 g/mol. The highest BCUT2D eigenvalue weighted by atomic mass is 35.5. The molecule has 0 aliphatic heterocycles. The van der Waals surface area contributed by atoms with Gasteiger partial charge in [-0.05, 0) is 43.3 Å². The van der Waals surface area contributed by atoms with Crippen molar-refractivity contribution in [3.63, 3.8) is 0 Å². The van der Waals surface area contributed by atoms with Crippen LogP contribution < -0.4 is 0 Å². The number of halogens is 1. The van der Waals surface area contributed by atoms with Gasteiger partial charge in [0.1, 0.15) is 0 Å². The number of rotatable bonds is 3. The molecule has 1 aromatic heterocycles. The summed E-state index contributed by atoms with van der Waals surface area (Å²) in [6.07, 6.45) is 0. The highest BCUT2D eigenvalue weighted by Gasteiger charge is 2.15. The second-order valence-electron chi connectivity index (χ2n) is 4.68. The van der Waals surface area contributed by atoms with E-state index in [1.807, 2.05) is 0 Å². The van der Waals surface area contributed by atoms with E-state index in [2.05, 4.69) is 10.2 Å². The van der Waals surface area contributed by atoms with E-state index in [1.165, 1.54) is 6.07 Å². The SMILES string of the molecule is Cc1cc(-c2nnc(-c3ccc(Cl)cc3)o2)ccc1[N+](=O)[O-]. The van der Waals surface area contributed by atoms with Crippen molar-refractivity contribution in [2.45, 2.75) is 6.92 Å². The van der Waals surface area contributed by atoms with E-state index in [0.717, 1.165) is 5.56 Å². The highest BCUT2D eigenvalue weighted by molar-refractivity contribution is 6.30. The van der Waals surface area contributed by atoms with Crippen LogP contribution in [0.4, 0.5) is 5.69 Å². The van der Waals surface area contributed by atoms with Crippen LogP contribution in [0.3, 0.4) is 0 Å². The minimum absolute atomic E-state index is 0.0567. The van der Waals surface area contributed by atoms with Crippen molar-refractivity contribution < 1.29 is 9.34 Å². The Morgan fingerprint density at radius 2 is 1.64 bits per heavy atom. The molecule has 0 radical (unpaired) electrons. The van der Waals surface area contributed by atoms with Gasteiger partial charge in [0, 0.05) is 27.8 Å². The van der Waals surface area contributed by atoms with Gasteiger partial charge in [0.05, 0.1) is 4.92 Å². The standard InChI is InChI=1S/C15H10ClN3O3/c1-9-8-11(4-7-13(9)19(20)21)15-18-17-14(22-15)10-2-5-12(16)6-3-10/h2-8H,1H3. The molecule has 0 aliphatic carbocycles. The van der Waals surface area contributed by atoms with Crippen molar-refractivity contribution in [3.8, 4) is 22.9 Å². The van der Waals surface area contributed by atoms with E-state index in [0.29, 0.717) is 27.9 Å². The Hall–Kier alpha value is -2.73. The number of nitro benzene ring substituents is 1. The zero-order valence-corrected chi connectivity index (χ0v) is 12.2. The van der Waals surface area contributed by atoms with Crippen LogP contribution in [-0.2, 0) is 0 Å². The number of aryl methyl sites for hydroxylation is 1. The van der Waals surface area contributed by atoms with Gasteiger partial charge in [0.2, 0.25) is 11.8 Å². The molecule has 0 saturated carbocycles. The molecule has 3 rings (SSSR count). The Morgan fingerprint density at radius 3 is 2.23 bits per heavy atom. The van der Waals surface area contributed by atoms with Gasteiger partial charge >= 0.3 is 0 Å². The monoisotopic (exact) mass is 315 g/mol. The molecule has 0 amide bonds. The van der Waals surface area contributed by atoms with Crippen molar-refractivity contribution in [2.75, 3.05) is 0 Å². The topological polar surface area (TPSA) is 82.1 Å². The lowest BCUT2D eigenvalue weighted by Crippen LogP contribution is -1.91. The van der Waals surface area contributed by atoms with Gasteiger partial charge in [-0.2, -0.15) is 0 Å². The first-order valence-corrected chi connectivity index (χ1v) is 6.77. The summed E-state index contributed by atoms with van der Waals surface area (Å²) in [5.74, 6) is 0.672. The predicted molar refractivity (Wildman–Crippen MR) is 81.6 cm³/mol. The van der Waals surface area contributed by atoms with Gasteiger partial charge in [-0.3, -0.25) is 10.1 Å². The van der Waals surface area contributed by atoms with Crippen LogP contribution >= 0.6 is 11.6 Å². The number of hydrogen-bond donors (Lipinski definition) is 0. The summed E-state index contributed by atoms with van der Waals surface area (Å²) >= 11 is 5.84. The molecule has 0 fully saturated rings. The molecule has 0 spiro atoms. The average molecular weight is 316 g/mol. The van der Waals surface area contributed by atoms with Crippen molar-refractivity contribution in [2.24, 2.45) is 0 Å². The van der Waals surface area contributed by atoms with Gasteiger partial charge in [-0.15, -0.1) is 10.2 Å². The Morgan fingerprint density at radius 1 is 1.05 bits per heavy atom. The fourth-order valence-corrected chi connectivity index (χ4v) is 2.17. The number of hydrogen-bond acceptors (Lipinski definition) is 5. The van der Waals surface area contributed by atoms with Crippen LogP contribution in [0.1, 0.15) is 5.56 Å². The van der Waals surface area contributed by atoms with Crippen LogP contribution in [-0.4, -0.2) is 15.1 Å². The van der Waals surface area contributed by atoms with Gasteiger partial charge in [-0.25, -0.2) is 0 Å². The molecule has 0 atom stereocenters. The lowest BCUT2D eigenvalue weighted by Gasteiger charge is -1.99. The van der Waals surface area contributed by atoms with E-state index in [1.54, 1.807) is 43.3 Å². The predicted octanol–water partition coefficient (Wildman–Crippen LogP) is 4.27. The van der Waals surface area contributed by atoms with Crippen molar-refractivity contribution in [3.05, 3.63) is 63.2 Å². The molecule has 0 saturated heterocycles. The minimum Gasteiger partial charge on any atom is -0.416 e. The van der Waals surface area contributed by atoms with Crippen LogP contribution in [0, 0.1) is 17.0 Å². The number of benzene rings is 2. The zero-order valence-electron chi connectivity index (χ0n) is 11.5. The second kappa shape index (κ2) is 5.57. The average Bonchev–Trinajstić information content (AvgIpc) is 2.97. The maximum Gasteiger partial charge on any atom is 0.272 e. The first-order valence-electron chi connectivity index (χ1n) is 6.39. The number of aromatic nitrogens is 2. The van der Waals surface area contributed by atoms with E-state index in [-0.39, 0.29) is 5.69 Å². The smallest absolute Gasteiger partial charge is 0.272 e. The lowest BCUT2D eigenvalue weighted by atomic mass is 10.1. The molecule has 110 valence electrons. The van der Waals surface area contributed by atoms with Crippen molar-refractivity contribution in [1.82, 2.24) is 10.2 Å². The summed E-state index contributed by atoms with van der Waals surface area (Å²) in [4.78, 5) is 10.4. The largest absolute Gasteiger partial charge is 0.416 e. The van der Waals surface area contributed by atoms with E-state index in [4.69, 9.17) is 16.0 Å². The maximum absolute atomic E-state index is 10.8. The molecule has 0 bridgehead atoms. The Kier molecular flexibility index (Phi) is 3.60. The van der Waals surface area contributed by atoms with Crippen LogP contribution in [0.25, 0.3) is 22.9 Å². The molecule has 0 unspecified atom stereocenters. The van der Waals surface area contributed by atoms with E-state index < -0.39 is 4.92 Å². The summed E-state index contributed by atoms with van der Waals surface area (Å²) in [5.41, 5.74) is 1.98. The first kappa shape index (κ1) is 14.2. The lowest BCUT2D eigenvalue weighted by molar-refractivity contribution is -0.385. The summed E-state index contributed by atoms with van der Waals surface area (Å²) in [7, 11) is 0. The van der Waals surface area contributed by atoms with Crippen molar-refractivity contribution in [1.29, 1.82) is 0 Å². The molecule has 0 aliphatic rings. The van der Waals surface area contributed by atoms with Gasteiger partial charge in [0.15, 0.2) is 0 Å². The molecule has 3 aromatic rings. The van der Waals surface area contributed by atoms with Crippen molar-refractivity contribution >= 4 is 17.3 Å². The quantitative estimate of drug-likeness (QED) is 0.532. The Balaban J connectivity index is 1.95. The third-order valence-corrected chi connectivity index (χ3v) is 3.41. The molecule has 2 aromatic carbocycles. The maximum atomic E-state index is 10.8. The summed E-state index contributed by atoms with van der Waals surface area (Å²) in [6, 6.07) is 11.7. The third-order valence-electron chi connectivity index (χ3n) is 3.16. The fraction of sp³-hybridized carbons (Fsp3) is 0.0667. The zero-order chi connectivity index (χ0) is 15.7. The second-order valence-corrected chi connectivity index (χ2v) is 5.11. The van der Waals surface area contributed by atoms with Crippen LogP contribution in [0.15, 0.2) is 46.9 Å². The molecule has 1 heterocycles. The molecule has 0 N–H and O–H groups in total.